The standard InChI is InChI=1S/C31H31NO5/c1-4-19-37-25-16-15-24(20-26(25)36-5-2)28-27(29(33)23-13-11-21(3)12-14-23)30(34)31(35)32(28)18-17-22-9-7-6-8-10-22/h4,6-16,20,28,33H,1,5,17-19H2,2-3H3/b29-27+. The highest BCUT2D eigenvalue weighted by Crippen LogP contribution is 2.42. The van der Waals surface area contributed by atoms with Crippen molar-refractivity contribution in [2.45, 2.75) is 26.3 Å². The Morgan fingerprint density at radius 2 is 1.73 bits per heavy atom. The average Bonchev–Trinajstić information content (AvgIpc) is 3.17. The van der Waals surface area contributed by atoms with Gasteiger partial charge in [-0.3, -0.25) is 9.59 Å². The third-order valence-corrected chi connectivity index (χ3v) is 6.29. The fourth-order valence-corrected chi connectivity index (χ4v) is 4.45. The molecule has 0 aliphatic carbocycles. The van der Waals surface area contributed by atoms with Crippen molar-refractivity contribution in [2.24, 2.45) is 0 Å². The number of Topliss-reactive ketones (excluding diaryl/α,β-unsaturated/α-hetero) is 1. The molecule has 1 aliphatic heterocycles. The van der Waals surface area contributed by atoms with Crippen LogP contribution in [0.3, 0.4) is 0 Å². The van der Waals surface area contributed by atoms with Crippen LogP contribution in [0.1, 0.15) is 35.2 Å². The lowest BCUT2D eigenvalue weighted by Gasteiger charge is -2.26. The van der Waals surface area contributed by atoms with E-state index in [2.05, 4.69) is 6.58 Å². The first-order valence-electron chi connectivity index (χ1n) is 12.3. The molecular weight excluding hydrogens is 466 g/mol. The summed E-state index contributed by atoms with van der Waals surface area (Å²) in [6.45, 7) is 8.52. The topological polar surface area (TPSA) is 76.1 Å². The molecule has 1 saturated heterocycles. The maximum absolute atomic E-state index is 13.3. The Kier molecular flexibility index (Phi) is 8.08. The number of rotatable bonds is 10. The van der Waals surface area contributed by atoms with Gasteiger partial charge in [-0.1, -0.05) is 78.9 Å². The van der Waals surface area contributed by atoms with Gasteiger partial charge >= 0.3 is 0 Å². The second-order valence-electron chi connectivity index (χ2n) is 8.83. The number of aryl methyl sites for hydroxylation is 1. The van der Waals surface area contributed by atoms with Crippen molar-refractivity contribution in [3.05, 3.63) is 113 Å². The zero-order valence-electron chi connectivity index (χ0n) is 21.1. The predicted octanol–water partition coefficient (Wildman–Crippen LogP) is 5.62. The Bertz CT molecular complexity index is 1310. The van der Waals surface area contributed by atoms with Gasteiger partial charge in [-0.15, -0.1) is 0 Å². The minimum atomic E-state index is -0.780. The van der Waals surface area contributed by atoms with Crippen LogP contribution in [0.2, 0.25) is 0 Å². The number of carbonyl (C=O) groups excluding carboxylic acids is 2. The quantitative estimate of drug-likeness (QED) is 0.170. The number of hydrogen-bond donors (Lipinski definition) is 1. The van der Waals surface area contributed by atoms with E-state index in [4.69, 9.17) is 9.47 Å². The monoisotopic (exact) mass is 497 g/mol. The molecule has 0 bridgehead atoms. The van der Waals surface area contributed by atoms with Gasteiger partial charge in [0.05, 0.1) is 18.2 Å². The molecule has 1 fully saturated rings. The molecule has 4 rings (SSSR count). The first kappa shape index (κ1) is 25.8. The molecule has 0 saturated carbocycles. The average molecular weight is 498 g/mol. The molecule has 37 heavy (non-hydrogen) atoms. The minimum absolute atomic E-state index is 0.0594. The number of carbonyl (C=O) groups is 2. The van der Waals surface area contributed by atoms with Crippen LogP contribution >= 0.6 is 0 Å². The lowest BCUT2D eigenvalue weighted by atomic mass is 9.94. The van der Waals surface area contributed by atoms with Crippen molar-refractivity contribution in [2.75, 3.05) is 19.8 Å². The third kappa shape index (κ3) is 5.59. The number of ether oxygens (including phenoxy) is 2. The molecule has 3 aromatic carbocycles. The molecule has 1 aliphatic rings. The second-order valence-corrected chi connectivity index (χ2v) is 8.83. The van der Waals surface area contributed by atoms with Gasteiger partial charge in [0.25, 0.3) is 11.7 Å². The number of benzene rings is 3. The van der Waals surface area contributed by atoms with E-state index in [0.717, 1.165) is 11.1 Å². The maximum atomic E-state index is 13.3. The summed E-state index contributed by atoms with van der Waals surface area (Å²) in [4.78, 5) is 28.2. The van der Waals surface area contributed by atoms with Crippen LogP contribution in [0.25, 0.3) is 5.76 Å². The van der Waals surface area contributed by atoms with Gasteiger partial charge in [-0.25, -0.2) is 0 Å². The second kappa shape index (κ2) is 11.6. The van der Waals surface area contributed by atoms with E-state index in [-0.39, 0.29) is 11.3 Å². The van der Waals surface area contributed by atoms with Crippen LogP contribution < -0.4 is 9.47 Å². The summed E-state index contributed by atoms with van der Waals surface area (Å²) in [5, 5.41) is 11.3. The number of hydrogen-bond acceptors (Lipinski definition) is 5. The van der Waals surface area contributed by atoms with Gasteiger partial charge in [-0.05, 0) is 43.5 Å². The normalized spacial score (nSPS) is 16.6. The molecule has 1 N–H and O–H groups in total. The van der Waals surface area contributed by atoms with Crippen LogP contribution in [0.4, 0.5) is 0 Å². The van der Waals surface area contributed by atoms with E-state index in [9.17, 15) is 14.7 Å². The summed E-state index contributed by atoms with van der Waals surface area (Å²) >= 11 is 0. The Morgan fingerprint density at radius 1 is 1.00 bits per heavy atom. The van der Waals surface area contributed by atoms with Gasteiger partial charge < -0.3 is 19.5 Å². The highest BCUT2D eigenvalue weighted by Gasteiger charge is 2.46. The van der Waals surface area contributed by atoms with Gasteiger partial charge in [-0.2, -0.15) is 0 Å². The van der Waals surface area contributed by atoms with Crippen molar-refractivity contribution in [3.63, 3.8) is 0 Å². The minimum Gasteiger partial charge on any atom is -0.507 e. The molecule has 0 spiro atoms. The van der Waals surface area contributed by atoms with Crippen molar-refractivity contribution in [1.29, 1.82) is 0 Å². The molecule has 6 heteroatoms. The van der Waals surface area contributed by atoms with E-state index >= 15 is 0 Å². The zero-order chi connectivity index (χ0) is 26.4. The summed E-state index contributed by atoms with van der Waals surface area (Å²) in [6, 6.07) is 21.5. The van der Waals surface area contributed by atoms with Gasteiger partial charge in [0, 0.05) is 12.1 Å². The van der Waals surface area contributed by atoms with E-state index < -0.39 is 17.7 Å². The molecule has 0 aromatic heterocycles. The van der Waals surface area contributed by atoms with Crippen LogP contribution in [-0.4, -0.2) is 41.5 Å². The molecule has 1 heterocycles. The van der Waals surface area contributed by atoms with Crippen LogP contribution in [0.5, 0.6) is 11.5 Å². The number of likely N-dealkylation sites (tertiary alicyclic amines) is 1. The highest BCUT2D eigenvalue weighted by atomic mass is 16.5. The fraction of sp³-hybridized carbons (Fsp3) is 0.226. The SMILES string of the molecule is C=CCOc1ccc(C2/C(=C(\O)c3ccc(C)cc3)C(=O)C(=O)N2CCc2ccccc2)cc1OCC. The molecule has 190 valence electrons. The van der Waals surface area contributed by atoms with E-state index in [0.29, 0.717) is 48.8 Å². The summed E-state index contributed by atoms with van der Waals surface area (Å²) in [7, 11) is 0. The molecule has 0 radical (unpaired) electrons. The highest BCUT2D eigenvalue weighted by molar-refractivity contribution is 6.46. The molecule has 1 atom stereocenters. The lowest BCUT2D eigenvalue weighted by Crippen LogP contribution is -2.31. The summed E-state index contributed by atoms with van der Waals surface area (Å²) in [6.07, 6.45) is 2.21. The van der Waals surface area contributed by atoms with E-state index in [1.165, 1.54) is 4.90 Å². The number of aliphatic hydroxyl groups is 1. The largest absolute Gasteiger partial charge is 0.507 e. The lowest BCUT2D eigenvalue weighted by molar-refractivity contribution is -0.139. The van der Waals surface area contributed by atoms with E-state index in [1.54, 1.807) is 36.4 Å². The first-order chi connectivity index (χ1) is 17.9. The van der Waals surface area contributed by atoms with Crippen molar-refractivity contribution >= 4 is 17.4 Å². The molecule has 1 amide bonds. The zero-order valence-corrected chi connectivity index (χ0v) is 21.1. The Morgan fingerprint density at radius 3 is 2.41 bits per heavy atom. The molecule has 3 aromatic rings. The number of ketones is 1. The third-order valence-electron chi connectivity index (χ3n) is 6.29. The summed E-state index contributed by atoms with van der Waals surface area (Å²) < 4.78 is 11.6. The van der Waals surface area contributed by atoms with Gasteiger partial charge in [0.1, 0.15) is 12.4 Å². The van der Waals surface area contributed by atoms with Crippen LogP contribution in [0.15, 0.2) is 91.0 Å². The van der Waals surface area contributed by atoms with Crippen LogP contribution in [-0.2, 0) is 16.0 Å². The van der Waals surface area contributed by atoms with Crippen LogP contribution in [0, 0.1) is 6.92 Å². The smallest absolute Gasteiger partial charge is 0.295 e. The molecular formula is C31H31NO5. The first-order valence-corrected chi connectivity index (χ1v) is 12.3. The Labute approximate surface area is 217 Å². The number of nitrogens with zero attached hydrogens (tertiary/aromatic N) is 1. The fourth-order valence-electron chi connectivity index (χ4n) is 4.45. The predicted molar refractivity (Wildman–Crippen MR) is 144 cm³/mol. The summed E-state index contributed by atoms with van der Waals surface area (Å²) in [5.41, 5.74) is 3.25. The molecule has 6 nitrogen and oxygen atoms in total. The Balaban J connectivity index is 1.81. The summed E-state index contributed by atoms with van der Waals surface area (Å²) in [5.74, 6) is -0.521. The molecule has 1 unspecified atom stereocenters. The van der Waals surface area contributed by atoms with Crippen molar-refractivity contribution in [3.8, 4) is 11.5 Å². The number of aliphatic hydroxyl groups excluding tert-OH is 1. The number of amides is 1. The Hall–Kier alpha value is -4.32. The van der Waals surface area contributed by atoms with Gasteiger partial charge in [0.2, 0.25) is 0 Å². The van der Waals surface area contributed by atoms with Crippen molar-refractivity contribution < 1.29 is 24.2 Å². The maximum Gasteiger partial charge on any atom is 0.295 e. The van der Waals surface area contributed by atoms with Crippen molar-refractivity contribution in [1.82, 2.24) is 4.90 Å². The van der Waals surface area contributed by atoms with Gasteiger partial charge in [0.15, 0.2) is 11.5 Å². The van der Waals surface area contributed by atoms with E-state index in [1.807, 2.05) is 56.3 Å².